The summed E-state index contributed by atoms with van der Waals surface area (Å²) >= 11 is 5.71. The van der Waals surface area contributed by atoms with Crippen molar-refractivity contribution in [1.82, 2.24) is 15.1 Å². The first-order valence-corrected chi connectivity index (χ1v) is 6.35. The number of ether oxygens (including phenoxy) is 1. The van der Waals surface area contributed by atoms with Gasteiger partial charge in [-0.15, -0.1) is 5.10 Å². The molecule has 0 fully saturated rings. The zero-order valence-electron chi connectivity index (χ0n) is 11.0. The maximum Gasteiger partial charge on any atom is 0.151 e. The minimum atomic E-state index is 0.416. The fourth-order valence-electron chi connectivity index (χ4n) is 1.84. The number of halogens is 1. The highest BCUT2D eigenvalue weighted by Crippen LogP contribution is 2.14. The standard InChI is InChI=1S/C14H16ClN3O/c1-18(10-12-6-7-14(15)17-16-12)9-11-4-3-5-13(8-11)19-2/h3-8H,9-10H2,1-2H3. The summed E-state index contributed by atoms with van der Waals surface area (Å²) in [5.41, 5.74) is 2.10. The van der Waals surface area contributed by atoms with Gasteiger partial charge >= 0.3 is 0 Å². The first-order valence-electron chi connectivity index (χ1n) is 5.97. The van der Waals surface area contributed by atoms with Gasteiger partial charge in [-0.25, -0.2) is 0 Å². The number of hydrogen-bond acceptors (Lipinski definition) is 4. The second-order valence-electron chi connectivity index (χ2n) is 4.37. The molecule has 1 heterocycles. The predicted octanol–water partition coefficient (Wildman–Crippen LogP) is 2.77. The van der Waals surface area contributed by atoms with E-state index >= 15 is 0 Å². The molecule has 0 spiro atoms. The third kappa shape index (κ3) is 4.19. The van der Waals surface area contributed by atoms with Gasteiger partial charge in [-0.05, 0) is 36.9 Å². The molecule has 0 saturated heterocycles. The minimum Gasteiger partial charge on any atom is -0.497 e. The van der Waals surface area contributed by atoms with Crippen molar-refractivity contribution in [1.29, 1.82) is 0 Å². The van der Waals surface area contributed by atoms with Crippen molar-refractivity contribution < 1.29 is 4.74 Å². The molecular weight excluding hydrogens is 262 g/mol. The molecule has 1 aromatic heterocycles. The van der Waals surface area contributed by atoms with Crippen LogP contribution in [0.1, 0.15) is 11.3 Å². The normalized spacial score (nSPS) is 10.7. The molecule has 5 heteroatoms. The summed E-state index contributed by atoms with van der Waals surface area (Å²) in [4.78, 5) is 2.16. The van der Waals surface area contributed by atoms with Crippen LogP contribution >= 0.6 is 11.6 Å². The lowest BCUT2D eigenvalue weighted by Gasteiger charge is -2.16. The minimum absolute atomic E-state index is 0.416. The Morgan fingerprint density at radius 1 is 1.16 bits per heavy atom. The third-order valence-corrected chi connectivity index (χ3v) is 2.91. The van der Waals surface area contributed by atoms with Crippen LogP contribution in [0, 0.1) is 0 Å². The first kappa shape index (κ1) is 13.8. The third-order valence-electron chi connectivity index (χ3n) is 2.71. The molecule has 0 amide bonds. The number of hydrogen-bond donors (Lipinski definition) is 0. The Morgan fingerprint density at radius 2 is 2.00 bits per heavy atom. The number of methoxy groups -OCH3 is 1. The maximum absolute atomic E-state index is 5.71. The van der Waals surface area contributed by atoms with Crippen LogP contribution < -0.4 is 4.74 Å². The average molecular weight is 278 g/mol. The summed E-state index contributed by atoms with van der Waals surface area (Å²) < 4.78 is 5.21. The SMILES string of the molecule is COc1cccc(CN(C)Cc2ccc(Cl)nn2)c1. The Labute approximate surface area is 118 Å². The monoisotopic (exact) mass is 277 g/mol. The second-order valence-corrected chi connectivity index (χ2v) is 4.76. The van der Waals surface area contributed by atoms with Crippen LogP contribution in [-0.2, 0) is 13.1 Å². The molecule has 19 heavy (non-hydrogen) atoms. The molecule has 0 radical (unpaired) electrons. The predicted molar refractivity (Wildman–Crippen MR) is 75.2 cm³/mol. The number of benzene rings is 1. The second kappa shape index (κ2) is 6.50. The van der Waals surface area contributed by atoms with E-state index < -0.39 is 0 Å². The Hall–Kier alpha value is -1.65. The maximum atomic E-state index is 5.71. The van der Waals surface area contributed by atoms with Gasteiger partial charge in [-0.2, -0.15) is 5.10 Å². The molecule has 0 aliphatic carbocycles. The van der Waals surface area contributed by atoms with Gasteiger partial charge in [-0.3, -0.25) is 4.90 Å². The van der Waals surface area contributed by atoms with Gasteiger partial charge in [0.25, 0.3) is 0 Å². The quantitative estimate of drug-likeness (QED) is 0.842. The topological polar surface area (TPSA) is 38.2 Å². The van der Waals surface area contributed by atoms with Gasteiger partial charge in [-0.1, -0.05) is 23.7 Å². The largest absolute Gasteiger partial charge is 0.497 e. The van der Waals surface area contributed by atoms with Crippen LogP contribution in [0.25, 0.3) is 0 Å². The molecule has 100 valence electrons. The van der Waals surface area contributed by atoms with Crippen molar-refractivity contribution in [3.8, 4) is 5.75 Å². The Balaban J connectivity index is 1.96. The van der Waals surface area contributed by atoms with E-state index in [1.54, 1.807) is 13.2 Å². The summed E-state index contributed by atoms with van der Waals surface area (Å²) in [7, 11) is 3.71. The van der Waals surface area contributed by atoms with Crippen molar-refractivity contribution in [2.45, 2.75) is 13.1 Å². The summed E-state index contributed by atoms with van der Waals surface area (Å²) in [5.74, 6) is 0.872. The van der Waals surface area contributed by atoms with Crippen molar-refractivity contribution in [2.24, 2.45) is 0 Å². The Kier molecular flexibility index (Phi) is 4.71. The molecule has 0 N–H and O–H groups in total. The molecule has 0 atom stereocenters. The van der Waals surface area contributed by atoms with Gasteiger partial charge < -0.3 is 4.74 Å². The van der Waals surface area contributed by atoms with Gasteiger partial charge in [0.15, 0.2) is 5.15 Å². The van der Waals surface area contributed by atoms with Crippen molar-refractivity contribution >= 4 is 11.6 Å². The van der Waals surface area contributed by atoms with E-state index in [-0.39, 0.29) is 0 Å². The molecule has 0 bridgehead atoms. The number of nitrogens with zero attached hydrogens (tertiary/aromatic N) is 3. The molecule has 0 unspecified atom stereocenters. The summed E-state index contributed by atoms with van der Waals surface area (Å²) in [5, 5.41) is 8.30. The highest BCUT2D eigenvalue weighted by atomic mass is 35.5. The fourth-order valence-corrected chi connectivity index (χ4v) is 1.94. The van der Waals surface area contributed by atoms with E-state index in [0.29, 0.717) is 5.15 Å². The van der Waals surface area contributed by atoms with E-state index in [1.165, 1.54) is 5.56 Å². The smallest absolute Gasteiger partial charge is 0.151 e. The van der Waals surface area contributed by atoms with Gasteiger partial charge in [0.1, 0.15) is 5.75 Å². The molecule has 0 saturated carbocycles. The lowest BCUT2D eigenvalue weighted by molar-refractivity contribution is 0.313. The van der Waals surface area contributed by atoms with E-state index in [0.717, 1.165) is 24.5 Å². The van der Waals surface area contributed by atoms with E-state index in [1.807, 2.05) is 31.3 Å². The molecule has 2 aromatic rings. The number of aromatic nitrogens is 2. The molecule has 0 aliphatic heterocycles. The number of rotatable bonds is 5. The molecular formula is C14H16ClN3O. The van der Waals surface area contributed by atoms with Gasteiger partial charge in [0, 0.05) is 13.1 Å². The van der Waals surface area contributed by atoms with Crippen LogP contribution in [0.15, 0.2) is 36.4 Å². The highest BCUT2D eigenvalue weighted by Gasteiger charge is 2.04. The zero-order chi connectivity index (χ0) is 13.7. The van der Waals surface area contributed by atoms with Crippen molar-refractivity contribution in [3.05, 3.63) is 52.8 Å². The van der Waals surface area contributed by atoms with E-state index in [9.17, 15) is 0 Å². The molecule has 4 nitrogen and oxygen atoms in total. The van der Waals surface area contributed by atoms with Gasteiger partial charge in [0.05, 0.1) is 12.8 Å². The van der Waals surface area contributed by atoms with Crippen LogP contribution in [-0.4, -0.2) is 29.3 Å². The Morgan fingerprint density at radius 3 is 2.68 bits per heavy atom. The molecule has 1 aromatic carbocycles. The lowest BCUT2D eigenvalue weighted by atomic mass is 10.2. The first-order chi connectivity index (χ1) is 9.17. The average Bonchev–Trinajstić information content (AvgIpc) is 2.41. The van der Waals surface area contributed by atoms with E-state index in [4.69, 9.17) is 16.3 Å². The zero-order valence-corrected chi connectivity index (χ0v) is 11.8. The van der Waals surface area contributed by atoms with Gasteiger partial charge in [0.2, 0.25) is 0 Å². The van der Waals surface area contributed by atoms with Crippen LogP contribution in [0.4, 0.5) is 0 Å². The lowest BCUT2D eigenvalue weighted by Crippen LogP contribution is -2.18. The summed E-state index contributed by atoms with van der Waals surface area (Å²) in [6.45, 7) is 1.54. The van der Waals surface area contributed by atoms with E-state index in [2.05, 4.69) is 21.2 Å². The summed E-state index contributed by atoms with van der Waals surface area (Å²) in [6, 6.07) is 11.7. The van der Waals surface area contributed by atoms with Crippen LogP contribution in [0.5, 0.6) is 5.75 Å². The van der Waals surface area contributed by atoms with Crippen LogP contribution in [0.2, 0.25) is 5.15 Å². The van der Waals surface area contributed by atoms with Crippen LogP contribution in [0.3, 0.4) is 0 Å². The molecule has 0 aliphatic rings. The van der Waals surface area contributed by atoms with Crippen molar-refractivity contribution in [2.75, 3.05) is 14.2 Å². The summed E-state index contributed by atoms with van der Waals surface area (Å²) in [6.07, 6.45) is 0. The highest BCUT2D eigenvalue weighted by molar-refractivity contribution is 6.29. The Bertz CT molecular complexity index is 530. The van der Waals surface area contributed by atoms with Crippen molar-refractivity contribution in [3.63, 3.8) is 0 Å². The molecule has 2 rings (SSSR count). The fraction of sp³-hybridized carbons (Fsp3) is 0.286.